The van der Waals surface area contributed by atoms with E-state index in [1.807, 2.05) is 27.7 Å². The highest BCUT2D eigenvalue weighted by Crippen LogP contribution is 2.15. The molecular weight excluding hydrogens is 244 g/mol. The van der Waals surface area contributed by atoms with Gasteiger partial charge in [0.1, 0.15) is 5.82 Å². The molecule has 0 aliphatic carbocycles. The second kappa shape index (κ2) is 5.21. The maximum Gasteiger partial charge on any atom is 0.296 e. The van der Waals surface area contributed by atoms with Gasteiger partial charge in [-0.05, 0) is 5.92 Å². The predicted octanol–water partition coefficient (Wildman–Crippen LogP) is 2.03. The molecule has 2 rings (SSSR count). The zero-order chi connectivity index (χ0) is 14.0. The van der Waals surface area contributed by atoms with E-state index in [1.165, 1.54) is 0 Å². The molecule has 0 fully saturated rings. The number of carbonyl (C=O) groups excluding carboxylic acids is 1. The molecule has 0 spiro atoms. The van der Waals surface area contributed by atoms with Gasteiger partial charge in [-0.3, -0.25) is 15.0 Å². The fraction of sp³-hybridized carbons (Fsp3) is 0.500. The molecule has 2 heterocycles. The van der Waals surface area contributed by atoms with Crippen LogP contribution in [-0.4, -0.2) is 31.3 Å². The molecule has 102 valence electrons. The van der Waals surface area contributed by atoms with Gasteiger partial charge in [-0.15, -0.1) is 5.10 Å². The Bertz CT molecular complexity index is 568. The molecule has 0 radical (unpaired) electrons. The Labute approximate surface area is 111 Å². The van der Waals surface area contributed by atoms with E-state index in [-0.39, 0.29) is 17.6 Å². The van der Waals surface area contributed by atoms with Crippen LogP contribution in [0.3, 0.4) is 0 Å². The smallest absolute Gasteiger partial charge is 0.296 e. The highest BCUT2D eigenvalue weighted by Gasteiger charge is 2.15. The van der Waals surface area contributed by atoms with Gasteiger partial charge in [-0.1, -0.05) is 27.7 Å². The van der Waals surface area contributed by atoms with Gasteiger partial charge < -0.3 is 5.32 Å². The number of carbonyl (C=O) groups is 1. The number of aromatic nitrogens is 5. The van der Waals surface area contributed by atoms with E-state index >= 15 is 0 Å². The third-order valence-corrected chi connectivity index (χ3v) is 2.71. The van der Waals surface area contributed by atoms with Crippen LogP contribution in [0.2, 0.25) is 0 Å². The highest BCUT2D eigenvalue weighted by molar-refractivity contribution is 6.00. The maximum absolute atomic E-state index is 11.9. The lowest BCUT2D eigenvalue weighted by Gasteiger charge is -1.98. The third kappa shape index (κ3) is 2.98. The summed E-state index contributed by atoms with van der Waals surface area (Å²) in [4.78, 5) is 16.1. The summed E-state index contributed by atoms with van der Waals surface area (Å²) in [6.45, 7) is 8.04. The van der Waals surface area contributed by atoms with E-state index in [0.717, 1.165) is 5.69 Å². The third-order valence-electron chi connectivity index (χ3n) is 2.71. The van der Waals surface area contributed by atoms with Crippen molar-refractivity contribution in [2.24, 2.45) is 0 Å². The summed E-state index contributed by atoms with van der Waals surface area (Å²) >= 11 is 0. The van der Waals surface area contributed by atoms with E-state index < -0.39 is 0 Å². The van der Waals surface area contributed by atoms with Crippen molar-refractivity contribution in [1.29, 1.82) is 0 Å². The van der Waals surface area contributed by atoms with Gasteiger partial charge in [-0.2, -0.15) is 5.10 Å². The monoisotopic (exact) mass is 262 g/mol. The Kier molecular flexibility index (Phi) is 3.64. The first kappa shape index (κ1) is 13.3. The lowest BCUT2D eigenvalue weighted by Crippen LogP contribution is -2.14. The number of nitrogens with zero attached hydrogens (tertiary/aromatic N) is 3. The molecule has 0 aromatic carbocycles. The van der Waals surface area contributed by atoms with Crippen LogP contribution in [0.5, 0.6) is 0 Å². The summed E-state index contributed by atoms with van der Waals surface area (Å²) in [5, 5.41) is 16.2. The molecule has 7 heteroatoms. The Morgan fingerprint density at radius 2 is 1.89 bits per heavy atom. The average molecular weight is 262 g/mol. The zero-order valence-electron chi connectivity index (χ0n) is 11.5. The fourth-order valence-corrected chi connectivity index (χ4v) is 1.50. The van der Waals surface area contributed by atoms with Crippen LogP contribution in [0.4, 0.5) is 5.82 Å². The van der Waals surface area contributed by atoms with E-state index in [2.05, 4.69) is 30.7 Å². The van der Waals surface area contributed by atoms with Crippen molar-refractivity contribution in [1.82, 2.24) is 25.4 Å². The molecule has 0 saturated heterocycles. The van der Waals surface area contributed by atoms with Gasteiger partial charge in [0, 0.05) is 17.7 Å². The second-order valence-electron chi connectivity index (χ2n) is 5.02. The molecule has 0 atom stereocenters. The number of nitrogens with one attached hydrogen (secondary N) is 3. The maximum atomic E-state index is 11.9. The fourth-order valence-electron chi connectivity index (χ4n) is 1.50. The minimum atomic E-state index is -0.370. The van der Waals surface area contributed by atoms with Gasteiger partial charge in [0.2, 0.25) is 5.82 Å². The minimum absolute atomic E-state index is 0.123. The quantitative estimate of drug-likeness (QED) is 0.784. The van der Waals surface area contributed by atoms with Crippen LogP contribution >= 0.6 is 0 Å². The number of amides is 1. The molecule has 1 amide bonds. The number of hydrogen-bond donors (Lipinski definition) is 3. The summed E-state index contributed by atoms with van der Waals surface area (Å²) in [6, 6.07) is 1.80. The lowest BCUT2D eigenvalue weighted by molar-refractivity contribution is 0.101. The number of hydrogen-bond acceptors (Lipinski definition) is 4. The van der Waals surface area contributed by atoms with Crippen LogP contribution < -0.4 is 5.32 Å². The molecule has 3 N–H and O–H groups in total. The summed E-state index contributed by atoms with van der Waals surface area (Å²) < 4.78 is 0. The van der Waals surface area contributed by atoms with Crippen molar-refractivity contribution >= 4 is 11.7 Å². The molecule has 2 aromatic rings. The van der Waals surface area contributed by atoms with Crippen molar-refractivity contribution < 1.29 is 4.79 Å². The Morgan fingerprint density at radius 1 is 1.16 bits per heavy atom. The standard InChI is InChI=1S/C12H18N6O/c1-6(2)8-5-9(16-15-8)13-12(19)11-14-10(7(3)4)17-18-11/h5-7H,1-4H3,(H,14,17,18)(H2,13,15,16,19). The molecular formula is C12H18N6O. The van der Waals surface area contributed by atoms with E-state index in [1.54, 1.807) is 6.07 Å². The predicted molar refractivity (Wildman–Crippen MR) is 71.1 cm³/mol. The van der Waals surface area contributed by atoms with E-state index in [4.69, 9.17) is 0 Å². The molecule has 0 aliphatic heterocycles. The topological polar surface area (TPSA) is 99.3 Å². The zero-order valence-corrected chi connectivity index (χ0v) is 11.5. The largest absolute Gasteiger partial charge is 0.302 e. The van der Waals surface area contributed by atoms with Gasteiger partial charge >= 0.3 is 0 Å². The second-order valence-corrected chi connectivity index (χ2v) is 5.02. The van der Waals surface area contributed by atoms with Crippen LogP contribution in [0.15, 0.2) is 6.07 Å². The van der Waals surface area contributed by atoms with E-state index in [9.17, 15) is 4.79 Å². The molecule has 19 heavy (non-hydrogen) atoms. The van der Waals surface area contributed by atoms with Gasteiger partial charge in [0.15, 0.2) is 5.82 Å². The first-order valence-corrected chi connectivity index (χ1v) is 6.26. The molecule has 0 bridgehead atoms. The number of anilines is 1. The highest BCUT2D eigenvalue weighted by atomic mass is 16.2. The van der Waals surface area contributed by atoms with Crippen molar-refractivity contribution in [3.63, 3.8) is 0 Å². The summed E-state index contributed by atoms with van der Waals surface area (Å²) in [5.74, 6) is 1.45. The van der Waals surface area contributed by atoms with Crippen molar-refractivity contribution in [2.75, 3.05) is 5.32 Å². The van der Waals surface area contributed by atoms with Gasteiger partial charge in [0.25, 0.3) is 5.91 Å². The van der Waals surface area contributed by atoms with Crippen LogP contribution in [0.1, 0.15) is 61.7 Å². The van der Waals surface area contributed by atoms with Gasteiger partial charge in [-0.25, -0.2) is 4.98 Å². The summed E-state index contributed by atoms with van der Waals surface area (Å²) in [7, 11) is 0. The molecule has 7 nitrogen and oxygen atoms in total. The van der Waals surface area contributed by atoms with Crippen molar-refractivity contribution in [3.05, 3.63) is 23.4 Å². The molecule has 0 unspecified atom stereocenters. The first-order chi connectivity index (χ1) is 8.97. The molecule has 0 aliphatic rings. The summed E-state index contributed by atoms with van der Waals surface area (Å²) in [5.41, 5.74) is 0.966. The van der Waals surface area contributed by atoms with Crippen molar-refractivity contribution in [3.8, 4) is 0 Å². The Balaban J connectivity index is 2.07. The first-order valence-electron chi connectivity index (χ1n) is 6.26. The van der Waals surface area contributed by atoms with Crippen molar-refractivity contribution in [2.45, 2.75) is 39.5 Å². The molecule has 2 aromatic heterocycles. The average Bonchev–Trinajstić information content (AvgIpc) is 2.96. The number of aromatic amines is 2. The minimum Gasteiger partial charge on any atom is -0.302 e. The van der Waals surface area contributed by atoms with Gasteiger partial charge in [0.05, 0.1) is 0 Å². The van der Waals surface area contributed by atoms with Crippen LogP contribution in [0.25, 0.3) is 0 Å². The van der Waals surface area contributed by atoms with E-state index in [0.29, 0.717) is 17.6 Å². The number of H-pyrrole nitrogens is 2. The van der Waals surface area contributed by atoms with Crippen LogP contribution in [0, 0.1) is 0 Å². The number of rotatable bonds is 4. The Hall–Kier alpha value is -2.18. The Morgan fingerprint density at radius 3 is 2.42 bits per heavy atom. The normalized spacial score (nSPS) is 11.3. The summed E-state index contributed by atoms with van der Waals surface area (Å²) in [6.07, 6.45) is 0. The van der Waals surface area contributed by atoms with Crippen LogP contribution in [-0.2, 0) is 0 Å². The lowest BCUT2D eigenvalue weighted by atomic mass is 10.1. The SMILES string of the molecule is CC(C)c1cc(NC(=O)c2n[nH]c(C(C)C)n2)n[nH]1. The molecule has 0 saturated carbocycles.